The molecule has 0 saturated carbocycles. The van der Waals surface area contributed by atoms with Crippen LogP contribution in [0, 0.1) is 0 Å². The van der Waals surface area contributed by atoms with Gasteiger partial charge in [-0.2, -0.15) is 13.2 Å². The van der Waals surface area contributed by atoms with E-state index in [4.69, 9.17) is 14.2 Å². The van der Waals surface area contributed by atoms with Crippen LogP contribution >= 0.6 is 0 Å². The Morgan fingerprint density at radius 2 is 2.25 bits per heavy atom. The molecule has 32 heavy (non-hydrogen) atoms. The van der Waals surface area contributed by atoms with Crippen molar-refractivity contribution in [3.05, 3.63) is 48.0 Å². The molecule has 2 rings (SSSR count). The lowest BCUT2D eigenvalue weighted by Gasteiger charge is -2.36. The first-order valence-corrected chi connectivity index (χ1v) is 10.4. The highest BCUT2D eigenvalue weighted by Gasteiger charge is 2.32. The first-order chi connectivity index (χ1) is 15.2. The number of ether oxygens (including phenoxy) is 3. The lowest BCUT2D eigenvalue weighted by atomic mass is 10.1. The van der Waals surface area contributed by atoms with Crippen LogP contribution in [-0.4, -0.2) is 99.3 Å². The Labute approximate surface area is 186 Å². The van der Waals surface area contributed by atoms with Crippen LogP contribution in [0.2, 0.25) is 0 Å². The molecule has 0 bridgehead atoms. The number of carbonyl (C=O) groups is 1. The lowest BCUT2D eigenvalue weighted by molar-refractivity contribution is -0.137. The Balaban J connectivity index is 2.02. The standard InChI is InChI=1S/C22H31F3N2O5/c1-3-9-31-16-19(28)13-26-7-11-32-20(14-26)15-27(8-10-30-2)21(29)17-5-4-6-18(12-17)22(23,24)25/h3-6,12,19-20,28H,1,7-11,13-16H2,2H3/t19-,20-/m0/s1. The van der Waals surface area contributed by atoms with Crippen molar-refractivity contribution >= 4 is 5.91 Å². The number of morpholine rings is 1. The molecule has 1 amide bonds. The molecule has 0 spiro atoms. The van der Waals surface area contributed by atoms with Crippen molar-refractivity contribution in [2.75, 3.05) is 66.3 Å². The van der Waals surface area contributed by atoms with E-state index in [2.05, 4.69) is 6.58 Å². The summed E-state index contributed by atoms with van der Waals surface area (Å²) in [5.74, 6) is -0.522. The maximum atomic E-state index is 13.0. The summed E-state index contributed by atoms with van der Waals surface area (Å²) in [5.41, 5.74) is -0.916. The monoisotopic (exact) mass is 460 g/mol. The molecule has 0 aromatic heterocycles. The lowest BCUT2D eigenvalue weighted by Crippen LogP contribution is -2.51. The molecule has 1 aliphatic rings. The van der Waals surface area contributed by atoms with E-state index in [0.717, 1.165) is 12.1 Å². The Kier molecular flexibility index (Phi) is 10.6. The molecule has 10 heteroatoms. The minimum atomic E-state index is -4.53. The van der Waals surface area contributed by atoms with Gasteiger partial charge >= 0.3 is 6.18 Å². The summed E-state index contributed by atoms with van der Waals surface area (Å²) in [6.07, 6.45) is -3.95. The van der Waals surface area contributed by atoms with Gasteiger partial charge in [0.05, 0.1) is 44.2 Å². The van der Waals surface area contributed by atoms with Crippen molar-refractivity contribution in [2.24, 2.45) is 0 Å². The average Bonchev–Trinajstić information content (AvgIpc) is 2.76. The Morgan fingerprint density at radius 1 is 1.47 bits per heavy atom. The molecular weight excluding hydrogens is 429 g/mol. The molecule has 1 fully saturated rings. The van der Waals surface area contributed by atoms with Gasteiger partial charge in [0.1, 0.15) is 0 Å². The van der Waals surface area contributed by atoms with Crippen molar-refractivity contribution in [1.29, 1.82) is 0 Å². The van der Waals surface area contributed by atoms with Crippen LogP contribution in [0.1, 0.15) is 15.9 Å². The molecule has 1 aromatic carbocycles. The highest BCUT2D eigenvalue weighted by atomic mass is 19.4. The first kappa shape index (κ1) is 26.3. The van der Waals surface area contributed by atoms with Crippen LogP contribution < -0.4 is 0 Å². The topological polar surface area (TPSA) is 71.5 Å². The van der Waals surface area contributed by atoms with Gasteiger partial charge in [-0.05, 0) is 18.2 Å². The second-order valence-electron chi connectivity index (χ2n) is 7.55. The number of nitrogens with zero attached hydrogens (tertiary/aromatic N) is 2. The number of amides is 1. The fourth-order valence-electron chi connectivity index (χ4n) is 3.43. The van der Waals surface area contributed by atoms with Crippen molar-refractivity contribution < 1.29 is 37.3 Å². The van der Waals surface area contributed by atoms with Gasteiger partial charge in [0.25, 0.3) is 5.91 Å². The molecule has 1 saturated heterocycles. The van der Waals surface area contributed by atoms with Crippen molar-refractivity contribution in [2.45, 2.75) is 18.4 Å². The number of carbonyl (C=O) groups excluding carboxylic acids is 1. The third-order valence-corrected chi connectivity index (χ3v) is 4.95. The van der Waals surface area contributed by atoms with Gasteiger partial charge in [-0.25, -0.2) is 0 Å². The van der Waals surface area contributed by atoms with Crippen molar-refractivity contribution in [3.8, 4) is 0 Å². The van der Waals surface area contributed by atoms with E-state index in [-0.39, 0.29) is 38.0 Å². The zero-order valence-corrected chi connectivity index (χ0v) is 18.2. The number of rotatable bonds is 12. The molecule has 7 nitrogen and oxygen atoms in total. The summed E-state index contributed by atoms with van der Waals surface area (Å²) < 4.78 is 55.3. The number of β-amino-alcohol motifs (C(OH)–C–C–N with tert-alkyl or cyclic N) is 1. The largest absolute Gasteiger partial charge is 0.416 e. The highest BCUT2D eigenvalue weighted by Crippen LogP contribution is 2.29. The van der Waals surface area contributed by atoms with Crippen molar-refractivity contribution in [1.82, 2.24) is 9.80 Å². The van der Waals surface area contributed by atoms with Gasteiger partial charge in [-0.3, -0.25) is 9.69 Å². The van der Waals surface area contributed by atoms with E-state index in [1.54, 1.807) is 6.08 Å². The van der Waals surface area contributed by atoms with E-state index >= 15 is 0 Å². The molecule has 1 heterocycles. The number of hydrogen-bond donors (Lipinski definition) is 1. The van der Waals surface area contributed by atoms with E-state index in [9.17, 15) is 23.1 Å². The quantitative estimate of drug-likeness (QED) is 0.380. The summed E-state index contributed by atoms with van der Waals surface area (Å²) in [4.78, 5) is 16.4. The summed E-state index contributed by atoms with van der Waals surface area (Å²) >= 11 is 0. The zero-order valence-electron chi connectivity index (χ0n) is 18.2. The summed E-state index contributed by atoms with van der Waals surface area (Å²) in [6, 6.07) is 4.38. The van der Waals surface area contributed by atoms with Gasteiger partial charge in [0, 0.05) is 45.4 Å². The number of benzene rings is 1. The third kappa shape index (κ3) is 8.51. The Bertz CT molecular complexity index is 732. The molecule has 0 aliphatic carbocycles. The fraction of sp³-hybridized carbons (Fsp3) is 0.591. The van der Waals surface area contributed by atoms with E-state index < -0.39 is 23.8 Å². The van der Waals surface area contributed by atoms with Crippen LogP contribution in [0.15, 0.2) is 36.9 Å². The number of aliphatic hydroxyl groups excluding tert-OH is 1. The van der Waals surface area contributed by atoms with Crippen LogP contribution in [0.5, 0.6) is 0 Å². The SMILES string of the molecule is C=CCOC[C@@H](O)CN1CCO[C@H](CN(CCOC)C(=O)c2cccc(C(F)(F)F)c2)C1. The van der Waals surface area contributed by atoms with E-state index in [1.807, 2.05) is 4.90 Å². The van der Waals surface area contributed by atoms with Crippen LogP contribution in [-0.2, 0) is 20.4 Å². The smallest absolute Gasteiger partial charge is 0.389 e. The van der Waals surface area contributed by atoms with Crippen LogP contribution in [0.3, 0.4) is 0 Å². The average molecular weight is 460 g/mol. The normalized spacial score (nSPS) is 18.3. The minimum Gasteiger partial charge on any atom is -0.389 e. The maximum Gasteiger partial charge on any atom is 0.416 e. The zero-order chi connectivity index (χ0) is 23.6. The highest BCUT2D eigenvalue weighted by molar-refractivity contribution is 5.94. The van der Waals surface area contributed by atoms with Crippen LogP contribution in [0.4, 0.5) is 13.2 Å². The number of methoxy groups -OCH3 is 1. The Hall–Kier alpha value is -1.98. The predicted octanol–water partition coefficient (Wildman–Crippen LogP) is 2.06. The van der Waals surface area contributed by atoms with Gasteiger partial charge in [0.15, 0.2) is 0 Å². The second-order valence-corrected chi connectivity index (χ2v) is 7.55. The molecule has 0 radical (unpaired) electrons. The van der Waals surface area contributed by atoms with Gasteiger partial charge < -0.3 is 24.2 Å². The Morgan fingerprint density at radius 3 is 2.94 bits per heavy atom. The summed E-state index contributed by atoms with van der Waals surface area (Å²) in [5, 5.41) is 10.1. The molecule has 180 valence electrons. The number of aliphatic hydroxyl groups is 1. The van der Waals surface area contributed by atoms with Crippen molar-refractivity contribution in [3.63, 3.8) is 0 Å². The molecule has 0 unspecified atom stereocenters. The summed E-state index contributed by atoms with van der Waals surface area (Å²) in [6.45, 7) is 6.63. The fourth-order valence-corrected chi connectivity index (χ4v) is 3.43. The molecule has 2 atom stereocenters. The third-order valence-electron chi connectivity index (χ3n) is 4.95. The second kappa shape index (κ2) is 12.9. The number of halogens is 3. The maximum absolute atomic E-state index is 13.0. The molecular formula is C22H31F3N2O5. The summed E-state index contributed by atoms with van der Waals surface area (Å²) in [7, 11) is 1.49. The van der Waals surface area contributed by atoms with E-state index in [0.29, 0.717) is 32.8 Å². The van der Waals surface area contributed by atoms with Gasteiger partial charge in [0.2, 0.25) is 0 Å². The van der Waals surface area contributed by atoms with Gasteiger partial charge in [-0.1, -0.05) is 12.1 Å². The number of hydrogen-bond acceptors (Lipinski definition) is 6. The predicted molar refractivity (Wildman–Crippen MR) is 112 cm³/mol. The van der Waals surface area contributed by atoms with Crippen LogP contribution in [0.25, 0.3) is 0 Å². The molecule has 1 aromatic rings. The number of alkyl halides is 3. The first-order valence-electron chi connectivity index (χ1n) is 10.4. The van der Waals surface area contributed by atoms with Gasteiger partial charge in [-0.15, -0.1) is 6.58 Å². The van der Waals surface area contributed by atoms with E-state index in [1.165, 1.54) is 24.1 Å². The molecule has 1 aliphatic heterocycles. The molecule has 1 N–H and O–H groups in total. The minimum absolute atomic E-state index is 0.0432.